The molecule has 2 aromatic rings. The first-order valence-electron chi connectivity index (χ1n) is 9.80. The fraction of sp³-hybridized carbons (Fsp3) is 0.500. The van der Waals surface area contributed by atoms with Crippen molar-refractivity contribution in [3.63, 3.8) is 0 Å². The third kappa shape index (κ3) is 2.21. The monoisotopic (exact) mass is 335 g/mol. The topological polar surface area (TPSA) is 29.1 Å². The van der Waals surface area contributed by atoms with Gasteiger partial charge in [0.2, 0.25) is 5.91 Å². The van der Waals surface area contributed by atoms with Crippen molar-refractivity contribution in [3.05, 3.63) is 48.3 Å². The highest BCUT2D eigenvalue weighted by molar-refractivity contribution is 6.52. The van der Waals surface area contributed by atoms with Gasteiger partial charge in [-0.1, -0.05) is 30.3 Å². The van der Waals surface area contributed by atoms with Crippen molar-refractivity contribution in [1.82, 2.24) is 9.47 Å². The van der Waals surface area contributed by atoms with Crippen LogP contribution in [0, 0.1) is 11.8 Å². The van der Waals surface area contributed by atoms with E-state index in [1.807, 2.05) is 0 Å². The average Bonchev–Trinajstić information content (AvgIpc) is 3.28. The van der Waals surface area contributed by atoms with Crippen LogP contribution in [-0.4, -0.2) is 35.2 Å². The zero-order valence-electron chi connectivity index (χ0n) is 15.3. The number of imidazole rings is 1. The molecule has 2 saturated heterocycles. The van der Waals surface area contributed by atoms with Crippen LogP contribution in [0.2, 0.25) is 5.82 Å². The summed E-state index contributed by atoms with van der Waals surface area (Å²) in [5, 5.41) is 0. The molecular formula is C20H26BN3O. The van der Waals surface area contributed by atoms with Gasteiger partial charge in [-0.3, -0.25) is 13.9 Å². The van der Waals surface area contributed by atoms with Crippen molar-refractivity contribution in [1.29, 1.82) is 0 Å². The minimum absolute atomic E-state index is 0.313. The molecule has 4 nitrogen and oxygen atoms in total. The van der Waals surface area contributed by atoms with Gasteiger partial charge in [-0.15, -0.1) is 5.82 Å². The third-order valence-corrected chi connectivity index (χ3v) is 7.52. The number of fused-ring (bicyclic) bond motifs is 1. The standard InChI is InChI=1S/C20H26BN3O/c1-22-8-9-23(2)20(22)21-16-12-24-17-11-14(19(24)25)10-15(17)18(16)13-6-4-3-5-7-13/h3-9,14-18H,10-12,21H2,1-2H3/t14?,15?,16-,17?,18-/m1/s1. The number of hydrogen-bond acceptors (Lipinski definition) is 1. The molecule has 0 spiro atoms. The molecule has 25 heavy (non-hydrogen) atoms. The number of hydrogen-bond donors (Lipinski definition) is 0. The van der Waals surface area contributed by atoms with Gasteiger partial charge in [-0.25, -0.2) is 0 Å². The van der Waals surface area contributed by atoms with Gasteiger partial charge < -0.3 is 4.90 Å². The van der Waals surface area contributed by atoms with Crippen molar-refractivity contribution in [3.8, 4) is 0 Å². The lowest BCUT2D eigenvalue weighted by Crippen LogP contribution is -2.57. The number of carbonyl (C=O) groups excluding carboxylic acids is 1. The summed E-state index contributed by atoms with van der Waals surface area (Å²) in [6.45, 7) is 0.973. The summed E-state index contributed by atoms with van der Waals surface area (Å²) in [4.78, 5) is 14.9. The maximum Gasteiger partial charge on any atom is 0.225 e. The number of amides is 1. The molecule has 3 aliphatic rings. The van der Waals surface area contributed by atoms with E-state index in [9.17, 15) is 4.79 Å². The molecule has 1 aliphatic carbocycles. The molecule has 0 radical (unpaired) electrons. The summed E-state index contributed by atoms with van der Waals surface area (Å²) < 4.78 is 4.56. The van der Waals surface area contributed by atoms with Gasteiger partial charge in [0.25, 0.3) is 0 Å². The zero-order valence-corrected chi connectivity index (χ0v) is 15.3. The van der Waals surface area contributed by atoms with Gasteiger partial charge in [0.1, 0.15) is 12.4 Å². The van der Waals surface area contributed by atoms with Crippen LogP contribution >= 0.6 is 0 Å². The van der Waals surface area contributed by atoms with Crippen molar-refractivity contribution < 1.29 is 9.36 Å². The van der Waals surface area contributed by atoms with E-state index >= 15 is 0 Å². The lowest BCUT2D eigenvalue weighted by Gasteiger charge is -2.50. The van der Waals surface area contributed by atoms with Crippen LogP contribution in [0.1, 0.15) is 24.3 Å². The summed E-state index contributed by atoms with van der Waals surface area (Å²) in [5.74, 6) is 2.66. The molecule has 1 aromatic carbocycles. The quantitative estimate of drug-likeness (QED) is 0.592. The number of aryl methyl sites for hydroxylation is 2. The first-order chi connectivity index (χ1) is 12.1. The van der Waals surface area contributed by atoms with Crippen LogP contribution in [0.25, 0.3) is 0 Å². The largest absolute Gasteiger partial charge is 0.342 e. The van der Waals surface area contributed by atoms with E-state index in [2.05, 4.69) is 70.9 Å². The van der Waals surface area contributed by atoms with E-state index in [0.29, 0.717) is 35.5 Å². The Morgan fingerprint density at radius 1 is 1.20 bits per heavy atom. The molecular weight excluding hydrogens is 309 g/mol. The second-order valence-corrected chi connectivity index (χ2v) is 8.66. The Morgan fingerprint density at radius 3 is 2.68 bits per heavy atom. The van der Waals surface area contributed by atoms with E-state index in [1.54, 1.807) is 0 Å². The number of benzene rings is 1. The van der Waals surface area contributed by atoms with Gasteiger partial charge in [0.15, 0.2) is 0 Å². The second-order valence-electron chi connectivity index (χ2n) is 8.66. The Bertz CT molecular complexity index is 798. The molecule has 2 aliphatic heterocycles. The molecule has 0 N–H and O–H groups in total. The van der Waals surface area contributed by atoms with Gasteiger partial charge in [0.05, 0.1) is 27.1 Å². The Kier molecular flexibility index (Phi) is 3.34. The first kappa shape index (κ1) is 15.2. The van der Waals surface area contributed by atoms with Crippen LogP contribution < -0.4 is 10.3 Å². The fourth-order valence-corrected chi connectivity index (χ4v) is 6.39. The number of aromatic nitrogens is 2. The van der Waals surface area contributed by atoms with E-state index in [1.165, 1.54) is 11.3 Å². The molecule has 1 saturated carbocycles. The van der Waals surface area contributed by atoms with E-state index in [0.717, 1.165) is 19.4 Å². The molecule has 3 heterocycles. The normalized spacial score (nSPS) is 33.3. The average molecular weight is 335 g/mol. The SMILES string of the molecule is Cn1cc[n+](C)c1[BH2-][C@@H]1CN2C(=O)C3CC(C2C3)[C@H]1c1ccccc1. The summed E-state index contributed by atoms with van der Waals surface area (Å²) in [6.07, 6.45) is 6.53. The van der Waals surface area contributed by atoms with Crippen molar-refractivity contribution in [2.75, 3.05) is 6.54 Å². The molecule has 5 atom stereocenters. The molecule has 5 heteroatoms. The third-order valence-electron chi connectivity index (χ3n) is 7.52. The van der Waals surface area contributed by atoms with Crippen LogP contribution in [0.15, 0.2) is 42.7 Å². The maximum absolute atomic E-state index is 12.6. The maximum atomic E-state index is 12.6. The minimum Gasteiger partial charge on any atom is -0.342 e. The van der Waals surface area contributed by atoms with Crippen LogP contribution in [0.4, 0.5) is 0 Å². The highest BCUT2D eigenvalue weighted by Gasteiger charge is 2.56. The van der Waals surface area contributed by atoms with E-state index in [4.69, 9.17) is 0 Å². The zero-order chi connectivity index (χ0) is 17.1. The highest BCUT2D eigenvalue weighted by atomic mass is 16.2. The summed E-state index contributed by atoms with van der Waals surface area (Å²) in [7, 11) is 3.96. The lowest BCUT2D eigenvalue weighted by atomic mass is 9.52. The highest BCUT2D eigenvalue weighted by Crippen LogP contribution is 2.55. The van der Waals surface area contributed by atoms with Gasteiger partial charge in [-0.2, -0.15) is 0 Å². The molecule has 3 unspecified atom stereocenters. The van der Waals surface area contributed by atoms with Crippen LogP contribution in [-0.2, 0) is 18.9 Å². The number of piperidine rings is 2. The van der Waals surface area contributed by atoms with Gasteiger partial charge in [0, 0.05) is 12.0 Å². The second kappa shape index (κ2) is 5.48. The Labute approximate surface area is 149 Å². The Morgan fingerprint density at radius 2 is 2.00 bits per heavy atom. The van der Waals surface area contributed by atoms with Crippen molar-refractivity contribution in [2.24, 2.45) is 25.9 Å². The van der Waals surface area contributed by atoms with Gasteiger partial charge in [-0.05, 0) is 36.8 Å². The smallest absolute Gasteiger partial charge is 0.225 e. The van der Waals surface area contributed by atoms with E-state index in [-0.39, 0.29) is 7.28 Å². The number of rotatable bonds is 3. The summed E-state index contributed by atoms with van der Waals surface area (Å²) in [5.41, 5.74) is 2.96. The van der Waals surface area contributed by atoms with Crippen molar-refractivity contribution in [2.45, 2.75) is 30.6 Å². The molecule has 3 fully saturated rings. The lowest BCUT2D eigenvalue weighted by molar-refractivity contribution is -0.653. The molecule has 1 amide bonds. The molecule has 5 rings (SSSR count). The molecule has 130 valence electrons. The summed E-state index contributed by atoms with van der Waals surface area (Å²) in [6, 6.07) is 11.6. The van der Waals surface area contributed by atoms with Crippen molar-refractivity contribution >= 4 is 18.9 Å². The Balaban J connectivity index is 1.54. The fourth-order valence-electron chi connectivity index (χ4n) is 6.39. The van der Waals surface area contributed by atoms with Gasteiger partial charge >= 0.3 is 0 Å². The number of carbonyl (C=O) groups is 1. The predicted octanol–water partition coefficient (Wildman–Crippen LogP) is 0.467. The van der Waals surface area contributed by atoms with Crippen LogP contribution in [0.5, 0.6) is 0 Å². The first-order valence-corrected chi connectivity index (χ1v) is 9.80. The molecule has 1 aromatic heterocycles. The van der Waals surface area contributed by atoms with Crippen LogP contribution in [0.3, 0.4) is 0 Å². The Hall–Kier alpha value is -2.04. The molecule has 2 bridgehead atoms. The predicted molar refractivity (Wildman–Crippen MR) is 99.4 cm³/mol. The summed E-state index contributed by atoms with van der Waals surface area (Å²) >= 11 is 0. The van der Waals surface area contributed by atoms with E-state index < -0.39 is 0 Å². The minimum atomic E-state index is -0.346. The number of nitrogens with zero attached hydrogens (tertiary/aromatic N) is 3.